The van der Waals surface area contributed by atoms with E-state index in [9.17, 15) is 5.26 Å². The normalized spacial score (nSPS) is 10.2. The van der Waals surface area contributed by atoms with Crippen LogP contribution in [0.4, 0.5) is 5.88 Å². The molecule has 0 aliphatic rings. The highest BCUT2D eigenvalue weighted by molar-refractivity contribution is 5.92. The molecule has 2 aromatic carbocycles. The van der Waals surface area contributed by atoms with Crippen molar-refractivity contribution in [3.8, 4) is 28.3 Å². The molecule has 0 aliphatic carbocycles. The molecule has 3 nitrogen and oxygen atoms in total. The van der Waals surface area contributed by atoms with Gasteiger partial charge in [-0.15, -0.1) is 0 Å². The summed E-state index contributed by atoms with van der Waals surface area (Å²) in [7, 11) is 0. The Labute approximate surface area is 116 Å². The third kappa shape index (κ3) is 1.94. The molecule has 1 aromatic heterocycles. The van der Waals surface area contributed by atoms with E-state index in [4.69, 9.17) is 10.2 Å². The molecular weight excluding hydrogens is 248 g/mol. The number of furan rings is 1. The van der Waals surface area contributed by atoms with E-state index < -0.39 is 0 Å². The minimum atomic E-state index is 0.243. The van der Waals surface area contributed by atoms with Gasteiger partial charge in [-0.2, -0.15) is 5.26 Å². The summed E-state index contributed by atoms with van der Waals surface area (Å²) in [4.78, 5) is 0. The second kappa shape index (κ2) is 4.94. The molecule has 0 unspecified atom stereocenters. The molecule has 0 saturated carbocycles. The molecule has 0 atom stereocenters. The highest BCUT2D eigenvalue weighted by Gasteiger charge is 2.20. The monoisotopic (exact) mass is 260 g/mol. The number of nitrogens with two attached hydrogens (primary N) is 1. The average molecular weight is 260 g/mol. The Morgan fingerprint density at radius 2 is 1.30 bits per heavy atom. The fourth-order valence-electron chi connectivity index (χ4n) is 2.30. The Morgan fingerprint density at radius 1 is 0.800 bits per heavy atom. The minimum absolute atomic E-state index is 0.243. The van der Waals surface area contributed by atoms with Crippen molar-refractivity contribution in [2.24, 2.45) is 0 Å². The van der Waals surface area contributed by atoms with Crippen LogP contribution in [0.3, 0.4) is 0 Å². The molecule has 1 heterocycles. The Hall–Kier alpha value is -2.99. The summed E-state index contributed by atoms with van der Waals surface area (Å²) in [5.41, 5.74) is 9.35. The molecule has 0 fully saturated rings. The fourth-order valence-corrected chi connectivity index (χ4v) is 2.30. The minimum Gasteiger partial charge on any atom is -0.429 e. The van der Waals surface area contributed by atoms with Crippen molar-refractivity contribution in [1.82, 2.24) is 0 Å². The van der Waals surface area contributed by atoms with Gasteiger partial charge in [0, 0.05) is 5.56 Å². The number of hydrogen-bond donors (Lipinski definition) is 1. The van der Waals surface area contributed by atoms with Crippen LogP contribution in [0.15, 0.2) is 65.1 Å². The molecule has 3 heteroatoms. The van der Waals surface area contributed by atoms with E-state index in [1.165, 1.54) is 0 Å². The standard InChI is InChI=1S/C17H12N2O/c18-11-14-15(12-7-3-1-4-8-12)16(17(19)20-14)13-9-5-2-6-10-13/h1-10H,19H2. The van der Waals surface area contributed by atoms with Crippen molar-refractivity contribution in [3.05, 3.63) is 66.4 Å². The third-order valence-corrected chi connectivity index (χ3v) is 3.16. The summed E-state index contributed by atoms with van der Waals surface area (Å²) in [5.74, 6) is 0.513. The zero-order chi connectivity index (χ0) is 13.9. The van der Waals surface area contributed by atoms with Gasteiger partial charge in [0.05, 0.1) is 5.56 Å². The van der Waals surface area contributed by atoms with Crippen molar-refractivity contribution in [1.29, 1.82) is 5.26 Å². The highest BCUT2D eigenvalue weighted by Crippen LogP contribution is 2.41. The molecule has 0 bridgehead atoms. The van der Waals surface area contributed by atoms with E-state index in [1.54, 1.807) is 0 Å². The fraction of sp³-hybridized carbons (Fsp3) is 0. The zero-order valence-corrected chi connectivity index (χ0v) is 10.7. The van der Waals surface area contributed by atoms with Crippen molar-refractivity contribution in [2.45, 2.75) is 0 Å². The Morgan fingerprint density at radius 3 is 1.80 bits per heavy atom. The quantitative estimate of drug-likeness (QED) is 0.755. The first-order chi connectivity index (χ1) is 9.81. The van der Waals surface area contributed by atoms with Gasteiger partial charge in [0.25, 0.3) is 0 Å². The summed E-state index contributed by atoms with van der Waals surface area (Å²) >= 11 is 0. The van der Waals surface area contributed by atoms with Crippen LogP contribution in [0, 0.1) is 11.3 Å². The largest absolute Gasteiger partial charge is 0.429 e. The summed E-state index contributed by atoms with van der Waals surface area (Å²) < 4.78 is 5.42. The van der Waals surface area contributed by atoms with Gasteiger partial charge in [-0.1, -0.05) is 60.7 Å². The molecule has 0 aliphatic heterocycles. The molecule has 0 amide bonds. The van der Waals surface area contributed by atoms with Crippen molar-refractivity contribution in [3.63, 3.8) is 0 Å². The van der Waals surface area contributed by atoms with Gasteiger partial charge in [0.15, 0.2) is 0 Å². The summed E-state index contributed by atoms with van der Waals surface area (Å²) in [6.45, 7) is 0. The van der Waals surface area contributed by atoms with Crippen LogP contribution in [0.1, 0.15) is 5.76 Å². The Bertz CT molecular complexity index is 768. The maximum atomic E-state index is 9.27. The second-order valence-corrected chi connectivity index (χ2v) is 4.39. The van der Waals surface area contributed by atoms with E-state index >= 15 is 0 Å². The molecule has 0 radical (unpaired) electrons. The Balaban J connectivity index is 2.31. The van der Waals surface area contributed by atoms with E-state index in [1.807, 2.05) is 60.7 Å². The van der Waals surface area contributed by atoms with Gasteiger partial charge >= 0.3 is 0 Å². The molecule has 2 N–H and O–H groups in total. The number of nitrogen functional groups attached to an aromatic ring is 1. The van der Waals surface area contributed by atoms with Crippen molar-refractivity contribution < 1.29 is 4.42 Å². The number of nitrogens with zero attached hydrogens (tertiary/aromatic N) is 1. The number of hydrogen-bond acceptors (Lipinski definition) is 3. The van der Waals surface area contributed by atoms with Gasteiger partial charge in [0.1, 0.15) is 6.07 Å². The first-order valence-corrected chi connectivity index (χ1v) is 6.24. The lowest BCUT2D eigenvalue weighted by Crippen LogP contribution is -1.87. The lowest BCUT2D eigenvalue weighted by molar-refractivity contribution is 0.574. The van der Waals surface area contributed by atoms with E-state index in [0.29, 0.717) is 0 Å². The van der Waals surface area contributed by atoms with E-state index in [0.717, 1.165) is 22.3 Å². The van der Waals surface area contributed by atoms with Crippen LogP contribution < -0.4 is 5.73 Å². The van der Waals surface area contributed by atoms with Crippen LogP contribution in [-0.2, 0) is 0 Å². The van der Waals surface area contributed by atoms with Crippen LogP contribution in [-0.4, -0.2) is 0 Å². The van der Waals surface area contributed by atoms with Crippen molar-refractivity contribution >= 4 is 5.88 Å². The first kappa shape index (κ1) is 12.1. The lowest BCUT2D eigenvalue weighted by atomic mass is 9.96. The molecule has 3 aromatic rings. The van der Waals surface area contributed by atoms with Gasteiger partial charge in [-0.3, -0.25) is 0 Å². The molecule has 0 spiro atoms. The maximum absolute atomic E-state index is 9.27. The predicted molar refractivity (Wildman–Crippen MR) is 78.7 cm³/mol. The summed E-state index contributed by atoms with van der Waals surface area (Å²) in [6.07, 6.45) is 0. The molecular formula is C17H12N2O. The van der Waals surface area contributed by atoms with Crippen LogP contribution >= 0.6 is 0 Å². The highest BCUT2D eigenvalue weighted by atomic mass is 16.4. The number of benzene rings is 2. The van der Waals surface area contributed by atoms with E-state index in [2.05, 4.69) is 6.07 Å². The summed E-state index contributed by atoms with van der Waals surface area (Å²) in [5, 5.41) is 9.27. The Kier molecular flexibility index (Phi) is 2.98. The average Bonchev–Trinajstić information content (AvgIpc) is 2.85. The molecule has 3 rings (SSSR count). The molecule has 0 saturated heterocycles. The van der Waals surface area contributed by atoms with Crippen LogP contribution in [0.2, 0.25) is 0 Å². The van der Waals surface area contributed by atoms with Gasteiger partial charge < -0.3 is 10.2 Å². The lowest BCUT2D eigenvalue weighted by Gasteiger charge is -2.04. The van der Waals surface area contributed by atoms with Gasteiger partial charge in [0.2, 0.25) is 11.6 Å². The zero-order valence-electron chi connectivity index (χ0n) is 10.7. The second-order valence-electron chi connectivity index (χ2n) is 4.39. The van der Waals surface area contributed by atoms with Gasteiger partial charge in [-0.05, 0) is 11.1 Å². The predicted octanol–water partition coefficient (Wildman–Crippen LogP) is 4.07. The molecule has 96 valence electrons. The van der Waals surface area contributed by atoms with Gasteiger partial charge in [-0.25, -0.2) is 0 Å². The smallest absolute Gasteiger partial charge is 0.214 e. The van der Waals surface area contributed by atoms with Crippen LogP contribution in [0.25, 0.3) is 22.3 Å². The van der Waals surface area contributed by atoms with E-state index in [-0.39, 0.29) is 11.6 Å². The topological polar surface area (TPSA) is 63.0 Å². The molecule has 20 heavy (non-hydrogen) atoms. The van der Waals surface area contributed by atoms with Crippen molar-refractivity contribution in [2.75, 3.05) is 5.73 Å². The number of nitriles is 1. The van der Waals surface area contributed by atoms with Crippen LogP contribution in [0.5, 0.6) is 0 Å². The number of rotatable bonds is 2. The first-order valence-electron chi connectivity index (χ1n) is 6.24. The summed E-state index contributed by atoms with van der Waals surface area (Å²) in [6, 6.07) is 21.5. The number of anilines is 1. The maximum Gasteiger partial charge on any atom is 0.214 e. The third-order valence-electron chi connectivity index (χ3n) is 3.16. The SMILES string of the molecule is N#Cc1oc(N)c(-c2ccccc2)c1-c1ccccc1.